The molecule has 226 valence electrons. The number of nitrogens with one attached hydrogen (secondary N) is 1. The predicted octanol–water partition coefficient (Wildman–Crippen LogP) is 4.19. The molecule has 5 rings (SSSR count). The molecule has 0 amide bonds. The van der Waals surface area contributed by atoms with E-state index >= 15 is 0 Å². The lowest BCUT2D eigenvalue weighted by Gasteiger charge is -2.35. The topological polar surface area (TPSA) is 123 Å². The molecular weight excluding hydrogens is 554 g/mol. The lowest BCUT2D eigenvalue weighted by molar-refractivity contribution is -0.148. The van der Waals surface area contributed by atoms with Crippen molar-refractivity contribution >= 4 is 38.6 Å². The van der Waals surface area contributed by atoms with Gasteiger partial charge in [-0.1, -0.05) is 24.3 Å². The standard InChI is InChI=1S/C31H41N5O5S/c1-21(24-11-7-22(8-12-24)17-25-5-4-6-28(25)37)31(38)41-20-36-16-15-27-29(33-19-34-30(27)36)35(3)26-13-9-23(10-14-26)18-42(39,40)32-2/h7-8,11-12,15-16,19,21,23,25-26,32H,4-6,9-10,13-14,17-18,20H2,1-3H3/t21?,23-,25?,26-. The second-order valence-electron chi connectivity index (χ2n) is 11.8. The molecule has 0 spiro atoms. The molecule has 10 nitrogen and oxygen atoms in total. The Morgan fingerprint density at radius 1 is 1.12 bits per heavy atom. The molecule has 2 fully saturated rings. The molecule has 0 aliphatic heterocycles. The van der Waals surface area contributed by atoms with E-state index in [-0.39, 0.29) is 36.3 Å². The Bertz CT molecular complexity index is 1510. The molecule has 1 N–H and O–H groups in total. The summed E-state index contributed by atoms with van der Waals surface area (Å²) in [5.74, 6) is 0.886. The number of aromatic nitrogens is 3. The number of anilines is 1. The van der Waals surface area contributed by atoms with Crippen LogP contribution in [0.15, 0.2) is 42.9 Å². The molecule has 0 radical (unpaired) electrons. The maximum absolute atomic E-state index is 12.9. The summed E-state index contributed by atoms with van der Waals surface area (Å²) in [5, 5.41) is 0.875. The number of rotatable bonds is 11. The van der Waals surface area contributed by atoms with Crippen LogP contribution in [0.2, 0.25) is 0 Å². The summed E-state index contributed by atoms with van der Waals surface area (Å²) in [6, 6.07) is 10.1. The van der Waals surface area contributed by atoms with Gasteiger partial charge in [-0.15, -0.1) is 0 Å². The van der Waals surface area contributed by atoms with Crippen LogP contribution in [0.1, 0.15) is 68.9 Å². The second-order valence-corrected chi connectivity index (χ2v) is 13.8. The van der Waals surface area contributed by atoms with Gasteiger partial charge in [0.25, 0.3) is 0 Å². The van der Waals surface area contributed by atoms with E-state index in [4.69, 9.17) is 4.74 Å². The third kappa shape index (κ3) is 6.83. The van der Waals surface area contributed by atoms with Gasteiger partial charge >= 0.3 is 5.97 Å². The molecule has 2 aliphatic rings. The first-order valence-corrected chi connectivity index (χ1v) is 16.5. The van der Waals surface area contributed by atoms with Crippen LogP contribution in [0, 0.1) is 11.8 Å². The van der Waals surface area contributed by atoms with Crippen LogP contribution in [-0.2, 0) is 37.5 Å². The van der Waals surface area contributed by atoms with Crippen molar-refractivity contribution in [2.45, 2.75) is 77.0 Å². The van der Waals surface area contributed by atoms with Crippen molar-refractivity contribution in [3.8, 4) is 0 Å². The van der Waals surface area contributed by atoms with Crippen LogP contribution in [0.3, 0.4) is 0 Å². The van der Waals surface area contributed by atoms with Crippen molar-refractivity contribution in [1.82, 2.24) is 19.3 Å². The minimum atomic E-state index is -3.21. The first-order chi connectivity index (χ1) is 20.1. The number of benzene rings is 1. The maximum Gasteiger partial charge on any atom is 0.314 e. The fourth-order valence-electron chi connectivity index (χ4n) is 6.37. The molecule has 2 saturated carbocycles. The molecule has 2 unspecified atom stereocenters. The number of hydrogen-bond acceptors (Lipinski definition) is 8. The zero-order valence-electron chi connectivity index (χ0n) is 24.7. The summed E-state index contributed by atoms with van der Waals surface area (Å²) in [7, 11) is 0.274. The SMILES string of the molecule is CNS(=O)(=O)C[C@H]1CC[C@H](N(C)c2ncnc3c2ccn3COC(=O)C(C)c2ccc(CC3CCCC3=O)cc2)CC1. The van der Waals surface area contributed by atoms with Crippen molar-refractivity contribution < 1.29 is 22.7 Å². The Morgan fingerprint density at radius 2 is 1.86 bits per heavy atom. The highest BCUT2D eigenvalue weighted by atomic mass is 32.2. The van der Waals surface area contributed by atoms with Gasteiger partial charge in [-0.3, -0.25) is 14.2 Å². The predicted molar refractivity (Wildman–Crippen MR) is 162 cm³/mol. The monoisotopic (exact) mass is 595 g/mol. The first-order valence-electron chi connectivity index (χ1n) is 14.9. The highest BCUT2D eigenvalue weighted by Crippen LogP contribution is 2.33. The van der Waals surface area contributed by atoms with E-state index in [0.717, 1.165) is 67.3 Å². The minimum absolute atomic E-state index is 0.0414. The van der Waals surface area contributed by atoms with Crippen LogP contribution in [0.4, 0.5) is 5.82 Å². The van der Waals surface area contributed by atoms with Crippen LogP contribution in [0.25, 0.3) is 11.0 Å². The number of hydrogen-bond donors (Lipinski definition) is 1. The third-order valence-corrected chi connectivity index (χ3v) is 10.6. The van der Waals surface area contributed by atoms with Gasteiger partial charge in [0.2, 0.25) is 10.0 Å². The highest BCUT2D eigenvalue weighted by Gasteiger charge is 2.29. The van der Waals surface area contributed by atoms with Crippen LogP contribution in [-0.4, -0.2) is 60.6 Å². The zero-order valence-corrected chi connectivity index (χ0v) is 25.5. The normalized spacial score (nSPS) is 21.9. The molecule has 2 aromatic heterocycles. The van der Waals surface area contributed by atoms with Crippen molar-refractivity contribution in [2.24, 2.45) is 11.8 Å². The highest BCUT2D eigenvalue weighted by molar-refractivity contribution is 7.89. The second kappa shape index (κ2) is 12.9. The summed E-state index contributed by atoms with van der Waals surface area (Å²) >= 11 is 0. The van der Waals surface area contributed by atoms with Gasteiger partial charge in [-0.05, 0) is 82.0 Å². The quantitative estimate of drug-likeness (QED) is 0.328. The largest absolute Gasteiger partial charge is 0.443 e. The number of ether oxygens (including phenoxy) is 1. The summed E-state index contributed by atoms with van der Waals surface area (Å²) in [5.41, 5.74) is 2.68. The number of nitrogens with zero attached hydrogens (tertiary/aromatic N) is 4. The molecule has 42 heavy (non-hydrogen) atoms. The average Bonchev–Trinajstić information content (AvgIpc) is 3.61. The van der Waals surface area contributed by atoms with E-state index in [2.05, 4.69) is 19.6 Å². The summed E-state index contributed by atoms with van der Waals surface area (Å²) < 4.78 is 33.8. The number of carbonyl (C=O) groups is 2. The molecule has 3 aromatic rings. The van der Waals surface area contributed by atoms with Crippen LogP contribution in [0.5, 0.6) is 0 Å². The number of Topliss-reactive ketones (excluding diaryl/α,β-unsaturated/α-hetero) is 1. The van der Waals surface area contributed by atoms with E-state index in [1.54, 1.807) is 4.57 Å². The van der Waals surface area contributed by atoms with E-state index in [0.29, 0.717) is 17.9 Å². The summed E-state index contributed by atoms with van der Waals surface area (Å²) in [4.78, 5) is 36.1. The Morgan fingerprint density at radius 3 is 2.52 bits per heavy atom. The molecule has 2 aliphatic carbocycles. The van der Waals surface area contributed by atoms with Crippen molar-refractivity contribution in [1.29, 1.82) is 0 Å². The molecule has 0 saturated heterocycles. The van der Waals surface area contributed by atoms with Gasteiger partial charge in [-0.2, -0.15) is 0 Å². The Kier molecular flexibility index (Phi) is 9.27. The van der Waals surface area contributed by atoms with E-state index in [9.17, 15) is 18.0 Å². The number of sulfonamides is 1. The minimum Gasteiger partial charge on any atom is -0.443 e. The Labute approximate surface area is 247 Å². The lowest BCUT2D eigenvalue weighted by atomic mass is 9.86. The van der Waals surface area contributed by atoms with E-state index < -0.39 is 15.9 Å². The molecule has 2 heterocycles. The zero-order chi connectivity index (χ0) is 29.9. The molecule has 11 heteroatoms. The molecular formula is C31H41N5O5S. The molecule has 2 atom stereocenters. The fraction of sp³-hybridized carbons (Fsp3) is 0.548. The van der Waals surface area contributed by atoms with Gasteiger partial charge in [0.15, 0.2) is 6.73 Å². The van der Waals surface area contributed by atoms with Crippen molar-refractivity contribution in [2.75, 3.05) is 24.7 Å². The Hall–Kier alpha value is -3.31. The van der Waals surface area contributed by atoms with Crippen molar-refractivity contribution in [3.63, 3.8) is 0 Å². The van der Waals surface area contributed by atoms with Gasteiger partial charge in [0, 0.05) is 31.6 Å². The molecule has 0 bridgehead atoms. The Balaban J connectivity index is 1.18. The van der Waals surface area contributed by atoms with Gasteiger partial charge in [0.05, 0.1) is 17.1 Å². The maximum atomic E-state index is 12.9. The van der Waals surface area contributed by atoms with Gasteiger partial charge in [-0.25, -0.2) is 23.1 Å². The summed E-state index contributed by atoms with van der Waals surface area (Å²) in [6.07, 6.45) is 10.3. The van der Waals surface area contributed by atoms with Crippen LogP contribution >= 0.6 is 0 Å². The number of carbonyl (C=O) groups excluding carboxylic acids is 2. The lowest BCUT2D eigenvalue weighted by Crippen LogP contribution is -2.38. The van der Waals surface area contributed by atoms with Crippen LogP contribution < -0.4 is 9.62 Å². The smallest absolute Gasteiger partial charge is 0.314 e. The third-order valence-electron chi connectivity index (χ3n) is 9.09. The fourth-order valence-corrected chi connectivity index (χ4v) is 7.49. The summed E-state index contributed by atoms with van der Waals surface area (Å²) in [6.45, 7) is 1.88. The van der Waals surface area contributed by atoms with E-state index in [1.807, 2.05) is 50.5 Å². The van der Waals surface area contributed by atoms with Gasteiger partial charge < -0.3 is 9.64 Å². The molecule has 1 aromatic carbocycles. The van der Waals surface area contributed by atoms with E-state index in [1.165, 1.54) is 13.4 Å². The number of fused-ring (bicyclic) bond motifs is 1. The van der Waals surface area contributed by atoms with Crippen molar-refractivity contribution in [3.05, 3.63) is 54.0 Å². The average molecular weight is 596 g/mol. The first kappa shape index (κ1) is 30.2. The van der Waals surface area contributed by atoms with Gasteiger partial charge in [0.1, 0.15) is 23.6 Å². The number of ketones is 1. The number of esters is 1.